The average Bonchev–Trinajstić information content (AvgIpc) is 3.11. The van der Waals surface area contributed by atoms with Crippen molar-refractivity contribution in [3.63, 3.8) is 0 Å². The monoisotopic (exact) mass is 230 g/mol. The third kappa shape index (κ3) is 1.73. The number of halogens is 1. The maximum absolute atomic E-state index is 6.13. The van der Waals surface area contributed by atoms with E-state index in [1.54, 1.807) is 0 Å². The normalized spacial score (nSPS) is 23.1. The third-order valence-electron chi connectivity index (χ3n) is 2.83. The largest absolute Gasteiger partial charge is 0.359 e. The highest BCUT2D eigenvalue weighted by atomic mass is 35.5. The molecule has 1 fully saturated rings. The highest BCUT2D eigenvalue weighted by molar-refractivity contribution is 6.31. The molecule has 1 saturated heterocycles. The summed E-state index contributed by atoms with van der Waals surface area (Å²) in [5.74, 6) is 0. The van der Waals surface area contributed by atoms with Gasteiger partial charge >= 0.3 is 0 Å². The van der Waals surface area contributed by atoms with Crippen molar-refractivity contribution in [3.05, 3.63) is 70.7 Å². The summed E-state index contributed by atoms with van der Waals surface area (Å²) in [6.45, 7) is 0. The zero-order valence-corrected chi connectivity index (χ0v) is 9.39. The lowest BCUT2D eigenvalue weighted by atomic mass is 10.0. The van der Waals surface area contributed by atoms with Crippen molar-refractivity contribution in [2.75, 3.05) is 0 Å². The fourth-order valence-corrected chi connectivity index (χ4v) is 2.19. The molecule has 1 nitrogen and oxygen atoms in total. The third-order valence-corrected chi connectivity index (χ3v) is 3.18. The number of ether oxygens (including phenoxy) is 1. The Morgan fingerprint density at radius 1 is 0.812 bits per heavy atom. The summed E-state index contributed by atoms with van der Waals surface area (Å²) in [6.07, 6.45) is 0.289. The first-order chi connectivity index (χ1) is 7.86. The van der Waals surface area contributed by atoms with Gasteiger partial charge in [-0.15, -0.1) is 0 Å². The van der Waals surface area contributed by atoms with E-state index in [1.807, 2.05) is 42.5 Å². The lowest BCUT2D eigenvalue weighted by Crippen LogP contribution is -1.85. The molecule has 2 aromatic carbocycles. The van der Waals surface area contributed by atoms with Crippen molar-refractivity contribution in [1.82, 2.24) is 0 Å². The predicted molar refractivity (Wildman–Crippen MR) is 64.5 cm³/mol. The van der Waals surface area contributed by atoms with Gasteiger partial charge in [0.2, 0.25) is 0 Å². The Bertz CT molecular complexity index is 495. The molecule has 0 saturated carbocycles. The van der Waals surface area contributed by atoms with Gasteiger partial charge in [-0.3, -0.25) is 0 Å². The summed E-state index contributed by atoms with van der Waals surface area (Å²) in [7, 11) is 0. The fourth-order valence-electron chi connectivity index (χ4n) is 1.95. The van der Waals surface area contributed by atoms with Gasteiger partial charge < -0.3 is 4.74 Å². The van der Waals surface area contributed by atoms with E-state index in [1.165, 1.54) is 5.56 Å². The molecule has 1 heterocycles. The second-order valence-corrected chi connectivity index (χ2v) is 4.32. The van der Waals surface area contributed by atoms with E-state index in [0.717, 1.165) is 10.6 Å². The standard InChI is InChI=1S/C14H11ClO/c15-12-9-5-4-8-11(12)14-13(16-14)10-6-2-1-3-7-10/h1-9,13-14H/t13-,14-/m1/s1. The van der Waals surface area contributed by atoms with Gasteiger partial charge in [0.05, 0.1) is 0 Å². The zero-order valence-electron chi connectivity index (χ0n) is 8.64. The van der Waals surface area contributed by atoms with Gasteiger partial charge in [-0.25, -0.2) is 0 Å². The number of hydrogen-bond donors (Lipinski definition) is 0. The molecule has 0 amide bonds. The zero-order chi connectivity index (χ0) is 11.0. The van der Waals surface area contributed by atoms with Crippen LogP contribution in [0.3, 0.4) is 0 Å². The molecule has 2 atom stereocenters. The minimum atomic E-state index is 0.121. The molecule has 1 aliphatic rings. The lowest BCUT2D eigenvalue weighted by molar-refractivity contribution is 0.378. The summed E-state index contributed by atoms with van der Waals surface area (Å²) >= 11 is 6.13. The molecule has 1 aliphatic heterocycles. The Kier molecular flexibility index (Phi) is 2.43. The highest BCUT2D eigenvalue weighted by Gasteiger charge is 2.42. The van der Waals surface area contributed by atoms with Gasteiger partial charge in [-0.1, -0.05) is 60.1 Å². The first kappa shape index (κ1) is 9.88. The molecule has 2 heteroatoms. The molecule has 3 rings (SSSR count). The molecule has 0 N–H and O–H groups in total. The van der Waals surface area contributed by atoms with Crippen LogP contribution >= 0.6 is 11.6 Å². The Morgan fingerprint density at radius 2 is 1.50 bits per heavy atom. The van der Waals surface area contributed by atoms with Crippen LogP contribution in [0.2, 0.25) is 5.02 Å². The minimum Gasteiger partial charge on any atom is -0.359 e. The number of rotatable bonds is 2. The van der Waals surface area contributed by atoms with E-state index in [-0.39, 0.29) is 12.2 Å². The number of hydrogen-bond acceptors (Lipinski definition) is 1. The maximum atomic E-state index is 6.13. The Hall–Kier alpha value is -1.31. The Labute approximate surface area is 99.6 Å². The molecule has 0 radical (unpaired) electrons. The topological polar surface area (TPSA) is 12.5 Å². The maximum Gasteiger partial charge on any atom is 0.115 e. The molecule has 0 aromatic heterocycles. The first-order valence-electron chi connectivity index (χ1n) is 5.31. The Morgan fingerprint density at radius 3 is 2.25 bits per heavy atom. The van der Waals surface area contributed by atoms with Crippen molar-refractivity contribution in [2.24, 2.45) is 0 Å². The summed E-state index contributed by atoms with van der Waals surface area (Å²) in [5.41, 5.74) is 2.30. The van der Waals surface area contributed by atoms with E-state index in [9.17, 15) is 0 Å². The molecule has 2 aromatic rings. The number of epoxide rings is 1. The van der Waals surface area contributed by atoms with Gasteiger partial charge in [0.1, 0.15) is 12.2 Å². The van der Waals surface area contributed by atoms with Crippen molar-refractivity contribution >= 4 is 11.6 Å². The molecule has 0 bridgehead atoms. The van der Waals surface area contributed by atoms with E-state index in [2.05, 4.69) is 12.1 Å². The molecule has 16 heavy (non-hydrogen) atoms. The van der Waals surface area contributed by atoms with Gasteiger partial charge in [-0.05, 0) is 11.6 Å². The second-order valence-electron chi connectivity index (χ2n) is 3.91. The van der Waals surface area contributed by atoms with Crippen LogP contribution in [-0.4, -0.2) is 0 Å². The molecule has 0 unspecified atom stereocenters. The Balaban J connectivity index is 1.85. The smallest absolute Gasteiger partial charge is 0.115 e. The highest BCUT2D eigenvalue weighted by Crippen LogP contribution is 2.52. The van der Waals surface area contributed by atoms with Crippen molar-refractivity contribution in [3.8, 4) is 0 Å². The van der Waals surface area contributed by atoms with Crippen LogP contribution in [0, 0.1) is 0 Å². The van der Waals surface area contributed by atoms with Crippen molar-refractivity contribution in [2.45, 2.75) is 12.2 Å². The van der Waals surface area contributed by atoms with E-state index >= 15 is 0 Å². The van der Waals surface area contributed by atoms with E-state index in [0.29, 0.717) is 0 Å². The lowest BCUT2D eigenvalue weighted by Gasteiger charge is -1.99. The van der Waals surface area contributed by atoms with E-state index < -0.39 is 0 Å². The van der Waals surface area contributed by atoms with E-state index in [4.69, 9.17) is 16.3 Å². The van der Waals surface area contributed by atoms with Crippen LogP contribution in [0.5, 0.6) is 0 Å². The van der Waals surface area contributed by atoms with Crippen LogP contribution in [0.1, 0.15) is 23.3 Å². The van der Waals surface area contributed by atoms with Crippen molar-refractivity contribution < 1.29 is 4.74 Å². The quantitative estimate of drug-likeness (QED) is 0.706. The molecule has 80 valence electrons. The van der Waals surface area contributed by atoms with Gasteiger partial charge in [-0.2, -0.15) is 0 Å². The molecule has 0 aliphatic carbocycles. The molecular weight excluding hydrogens is 220 g/mol. The summed E-state index contributed by atoms with van der Waals surface area (Å²) in [6, 6.07) is 18.1. The van der Waals surface area contributed by atoms with Gasteiger partial charge in [0.15, 0.2) is 0 Å². The summed E-state index contributed by atoms with van der Waals surface area (Å²) in [5, 5.41) is 0.783. The first-order valence-corrected chi connectivity index (χ1v) is 5.69. The van der Waals surface area contributed by atoms with Crippen molar-refractivity contribution in [1.29, 1.82) is 0 Å². The summed E-state index contributed by atoms with van der Waals surface area (Å²) in [4.78, 5) is 0. The fraction of sp³-hybridized carbons (Fsp3) is 0.143. The van der Waals surface area contributed by atoms with Crippen LogP contribution in [0.25, 0.3) is 0 Å². The number of benzene rings is 2. The van der Waals surface area contributed by atoms with Crippen LogP contribution in [-0.2, 0) is 4.74 Å². The van der Waals surface area contributed by atoms with Crippen LogP contribution < -0.4 is 0 Å². The van der Waals surface area contributed by atoms with Crippen LogP contribution in [0.15, 0.2) is 54.6 Å². The SMILES string of the molecule is Clc1ccccc1[C@H]1O[C@@H]1c1ccccc1. The second kappa shape index (κ2) is 3.93. The van der Waals surface area contributed by atoms with Gasteiger partial charge in [0.25, 0.3) is 0 Å². The van der Waals surface area contributed by atoms with Crippen LogP contribution in [0.4, 0.5) is 0 Å². The predicted octanol–water partition coefficient (Wildman–Crippen LogP) is 4.15. The van der Waals surface area contributed by atoms with Gasteiger partial charge in [0, 0.05) is 10.6 Å². The molecule has 0 spiro atoms. The average molecular weight is 231 g/mol. The molecular formula is C14H11ClO. The minimum absolute atomic E-state index is 0.121. The summed E-state index contributed by atoms with van der Waals surface area (Å²) < 4.78 is 5.69.